The van der Waals surface area contributed by atoms with E-state index in [9.17, 15) is 9.90 Å². The van der Waals surface area contributed by atoms with E-state index in [4.69, 9.17) is 4.42 Å². The standard InChI is InChI=1S/C17H22N2O3S/c20-15(12-4-2-1-3-5-12)9-18-16(21)8-14-11-23-17(19-14)13-6-7-22-10-13/h6-7,10-12,15,20H,1-5,8-9H2,(H,18,21). The molecule has 23 heavy (non-hydrogen) atoms. The highest BCUT2D eigenvalue weighted by Gasteiger charge is 2.22. The van der Waals surface area contributed by atoms with Crippen molar-refractivity contribution in [3.05, 3.63) is 29.7 Å². The van der Waals surface area contributed by atoms with Crippen LogP contribution in [0.3, 0.4) is 0 Å². The lowest BCUT2D eigenvalue weighted by Crippen LogP contribution is -2.37. The third-order valence-electron chi connectivity index (χ3n) is 4.36. The summed E-state index contributed by atoms with van der Waals surface area (Å²) in [7, 11) is 0. The lowest BCUT2D eigenvalue weighted by atomic mass is 9.85. The van der Waals surface area contributed by atoms with Gasteiger partial charge in [-0.2, -0.15) is 0 Å². The molecule has 5 nitrogen and oxygen atoms in total. The van der Waals surface area contributed by atoms with Crippen LogP contribution in [0.5, 0.6) is 0 Å². The Morgan fingerprint density at radius 1 is 1.43 bits per heavy atom. The third kappa shape index (κ3) is 4.42. The van der Waals surface area contributed by atoms with Crippen molar-refractivity contribution in [2.45, 2.75) is 44.6 Å². The van der Waals surface area contributed by atoms with E-state index >= 15 is 0 Å². The Labute approximate surface area is 139 Å². The number of nitrogens with one attached hydrogen (secondary N) is 1. The summed E-state index contributed by atoms with van der Waals surface area (Å²) in [5, 5.41) is 15.7. The molecule has 2 heterocycles. The number of aromatic nitrogens is 1. The summed E-state index contributed by atoms with van der Waals surface area (Å²) in [5.41, 5.74) is 1.67. The molecule has 0 saturated heterocycles. The molecular weight excluding hydrogens is 312 g/mol. The average Bonchev–Trinajstić information content (AvgIpc) is 3.24. The van der Waals surface area contributed by atoms with Crippen LogP contribution >= 0.6 is 11.3 Å². The van der Waals surface area contributed by atoms with Crippen LogP contribution in [-0.2, 0) is 11.2 Å². The topological polar surface area (TPSA) is 75.4 Å². The van der Waals surface area contributed by atoms with Crippen molar-refractivity contribution in [2.75, 3.05) is 6.54 Å². The number of furan rings is 1. The summed E-state index contributed by atoms with van der Waals surface area (Å²) in [6.45, 7) is 0.336. The van der Waals surface area contributed by atoms with Gasteiger partial charge in [-0.1, -0.05) is 19.3 Å². The van der Waals surface area contributed by atoms with Gasteiger partial charge in [0.05, 0.1) is 24.5 Å². The minimum absolute atomic E-state index is 0.0936. The summed E-state index contributed by atoms with van der Waals surface area (Å²) >= 11 is 1.50. The van der Waals surface area contributed by atoms with Crippen molar-refractivity contribution < 1.29 is 14.3 Å². The van der Waals surface area contributed by atoms with Crippen molar-refractivity contribution in [1.29, 1.82) is 0 Å². The van der Waals surface area contributed by atoms with Gasteiger partial charge in [0.1, 0.15) is 11.3 Å². The first kappa shape index (κ1) is 16.2. The molecule has 1 unspecified atom stereocenters. The number of hydrogen-bond acceptors (Lipinski definition) is 5. The summed E-state index contributed by atoms with van der Waals surface area (Å²) in [6, 6.07) is 1.85. The molecular formula is C17H22N2O3S. The minimum Gasteiger partial charge on any atom is -0.472 e. The SMILES string of the molecule is O=C(Cc1csc(-c2ccoc2)n1)NCC(O)C1CCCCC1. The molecule has 1 amide bonds. The second-order valence-electron chi connectivity index (χ2n) is 6.10. The predicted molar refractivity (Wildman–Crippen MR) is 89.1 cm³/mol. The lowest BCUT2D eigenvalue weighted by molar-refractivity contribution is -0.121. The molecule has 1 aliphatic rings. The van der Waals surface area contributed by atoms with Crippen molar-refractivity contribution >= 4 is 17.2 Å². The summed E-state index contributed by atoms with van der Waals surface area (Å²) in [5.74, 6) is 0.236. The Kier molecular flexibility index (Phi) is 5.46. The van der Waals surface area contributed by atoms with E-state index in [2.05, 4.69) is 10.3 Å². The van der Waals surface area contributed by atoms with Crippen molar-refractivity contribution in [3.63, 3.8) is 0 Å². The molecule has 3 rings (SSSR count). The predicted octanol–water partition coefficient (Wildman–Crippen LogP) is 3.00. The highest BCUT2D eigenvalue weighted by molar-refractivity contribution is 7.13. The molecule has 1 fully saturated rings. The van der Waals surface area contributed by atoms with Crippen LogP contribution in [0.25, 0.3) is 10.6 Å². The maximum absolute atomic E-state index is 12.0. The lowest BCUT2D eigenvalue weighted by Gasteiger charge is -2.26. The number of carbonyl (C=O) groups excluding carboxylic acids is 1. The Morgan fingerprint density at radius 3 is 3.00 bits per heavy atom. The van der Waals surface area contributed by atoms with Gasteiger partial charge in [0.25, 0.3) is 0 Å². The molecule has 0 radical (unpaired) electrons. The van der Waals surface area contributed by atoms with Gasteiger partial charge in [-0.05, 0) is 24.8 Å². The van der Waals surface area contributed by atoms with Crippen molar-refractivity contribution in [3.8, 4) is 10.6 Å². The van der Waals surface area contributed by atoms with E-state index in [1.807, 2.05) is 11.4 Å². The Balaban J connectivity index is 1.46. The first-order chi connectivity index (χ1) is 11.2. The molecule has 0 spiro atoms. The molecule has 124 valence electrons. The van der Waals surface area contributed by atoms with E-state index in [0.717, 1.165) is 29.1 Å². The molecule has 2 aromatic heterocycles. The maximum atomic E-state index is 12.0. The van der Waals surface area contributed by atoms with Gasteiger partial charge in [-0.15, -0.1) is 11.3 Å². The Hall–Kier alpha value is -1.66. The van der Waals surface area contributed by atoms with Crippen LogP contribution < -0.4 is 5.32 Å². The number of thiazole rings is 1. The summed E-state index contributed by atoms with van der Waals surface area (Å²) in [6.07, 6.45) is 8.82. The van der Waals surface area contributed by atoms with Gasteiger partial charge in [0.2, 0.25) is 5.91 Å². The minimum atomic E-state index is -0.434. The molecule has 0 aromatic carbocycles. The van der Waals surface area contributed by atoms with Crippen LogP contribution in [0.2, 0.25) is 0 Å². The van der Waals surface area contributed by atoms with Gasteiger partial charge in [-0.3, -0.25) is 4.79 Å². The zero-order valence-corrected chi connectivity index (χ0v) is 13.8. The van der Waals surface area contributed by atoms with E-state index in [-0.39, 0.29) is 12.3 Å². The van der Waals surface area contributed by atoms with E-state index in [1.54, 1.807) is 12.5 Å². The molecule has 1 aliphatic carbocycles. The summed E-state index contributed by atoms with van der Waals surface area (Å²) < 4.78 is 5.04. The molecule has 1 atom stereocenters. The van der Waals surface area contributed by atoms with Crippen LogP contribution in [0.15, 0.2) is 28.4 Å². The highest BCUT2D eigenvalue weighted by Crippen LogP contribution is 2.26. The Bertz CT molecular complexity index is 618. The largest absolute Gasteiger partial charge is 0.472 e. The number of nitrogens with zero attached hydrogens (tertiary/aromatic N) is 1. The van der Waals surface area contributed by atoms with Gasteiger partial charge in [0.15, 0.2) is 0 Å². The molecule has 1 saturated carbocycles. The van der Waals surface area contributed by atoms with Crippen LogP contribution in [0.1, 0.15) is 37.8 Å². The van der Waals surface area contributed by atoms with Crippen molar-refractivity contribution in [1.82, 2.24) is 10.3 Å². The number of aliphatic hydroxyl groups excluding tert-OH is 1. The van der Waals surface area contributed by atoms with Crippen LogP contribution in [0.4, 0.5) is 0 Å². The first-order valence-corrected chi connectivity index (χ1v) is 9.02. The summed E-state index contributed by atoms with van der Waals surface area (Å²) in [4.78, 5) is 16.5. The monoisotopic (exact) mass is 334 g/mol. The second kappa shape index (κ2) is 7.75. The number of amides is 1. The van der Waals surface area contributed by atoms with Gasteiger partial charge >= 0.3 is 0 Å². The van der Waals surface area contributed by atoms with Crippen LogP contribution in [0, 0.1) is 5.92 Å². The smallest absolute Gasteiger partial charge is 0.226 e. The molecule has 6 heteroatoms. The number of aliphatic hydroxyl groups is 1. The average molecular weight is 334 g/mol. The van der Waals surface area contributed by atoms with Gasteiger partial charge in [-0.25, -0.2) is 4.98 Å². The fourth-order valence-corrected chi connectivity index (χ4v) is 3.84. The first-order valence-electron chi connectivity index (χ1n) is 8.14. The fraction of sp³-hybridized carbons (Fsp3) is 0.529. The normalized spacial score (nSPS) is 17.1. The van der Waals surface area contributed by atoms with Gasteiger partial charge in [0, 0.05) is 17.5 Å². The second-order valence-corrected chi connectivity index (χ2v) is 6.96. The number of rotatable bonds is 6. The maximum Gasteiger partial charge on any atom is 0.226 e. The Morgan fingerprint density at radius 2 is 2.26 bits per heavy atom. The molecule has 0 aliphatic heterocycles. The third-order valence-corrected chi connectivity index (χ3v) is 5.30. The number of hydrogen-bond donors (Lipinski definition) is 2. The zero-order valence-electron chi connectivity index (χ0n) is 13.0. The zero-order chi connectivity index (χ0) is 16.1. The van der Waals surface area contributed by atoms with E-state index in [1.165, 1.54) is 30.6 Å². The van der Waals surface area contributed by atoms with E-state index < -0.39 is 6.10 Å². The van der Waals surface area contributed by atoms with Crippen LogP contribution in [-0.4, -0.2) is 28.6 Å². The van der Waals surface area contributed by atoms with Gasteiger partial charge < -0.3 is 14.8 Å². The molecule has 2 N–H and O–H groups in total. The molecule has 2 aromatic rings. The highest BCUT2D eigenvalue weighted by atomic mass is 32.1. The number of carbonyl (C=O) groups is 1. The molecule has 0 bridgehead atoms. The van der Waals surface area contributed by atoms with E-state index in [0.29, 0.717) is 12.5 Å². The quantitative estimate of drug-likeness (QED) is 0.851. The van der Waals surface area contributed by atoms with Crippen molar-refractivity contribution in [2.24, 2.45) is 5.92 Å². The fourth-order valence-electron chi connectivity index (χ4n) is 3.04.